The fourth-order valence-corrected chi connectivity index (χ4v) is 3.96. The fourth-order valence-electron chi connectivity index (χ4n) is 3.96. The average molecular weight is 635 g/mol. The molecule has 0 spiro atoms. The monoisotopic (exact) mass is 634 g/mol. The molecule has 1 aromatic carbocycles. The highest BCUT2D eigenvalue weighted by atomic mass is 16.6. The molecular weight excluding hydrogens is 584 g/mol. The Bertz CT molecular complexity index is 1260. The predicted octanol–water partition coefficient (Wildman–Crippen LogP) is 6.58. The second-order valence-corrected chi connectivity index (χ2v) is 10.4. The zero-order chi connectivity index (χ0) is 34.0. The molecule has 0 aliphatic rings. The van der Waals surface area contributed by atoms with Crippen molar-refractivity contribution in [3.05, 3.63) is 103 Å². The van der Waals surface area contributed by atoms with Crippen LogP contribution >= 0.6 is 0 Å². The van der Waals surface area contributed by atoms with Gasteiger partial charge in [0.25, 0.3) is 5.91 Å². The van der Waals surface area contributed by atoms with Gasteiger partial charge < -0.3 is 25.2 Å². The number of ether oxygens (including phenoxy) is 2. The number of methoxy groups -OCH3 is 1. The summed E-state index contributed by atoms with van der Waals surface area (Å²) < 4.78 is 10.1. The molecule has 3 unspecified atom stereocenters. The number of allylic oxidation sites excluding steroid dienone is 12. The zero-order valence-electron chi connectivity index (χ0n) is 27.5. The molecule has 250 valence electrons. The zero-order valence-corrected chi connectivity index (χ0v) is 27.5. The van der Waals surface area contributed by atoms with E-state index in [1.807, 2.05) is 12.2 Å². The lowest BCUT2D eigenvalue weighted by atomic mass is 10.1. The van der Waals surface area contributed by atoms with Gasteiger partial charge in [0.05, 0.1) is 12.7 Å². The lowest BCUT2D eigenvalue weighted by molar-refractivity contribution is -0.158. The Kier molecular flexibility index (Phi) is 21.1. The van der Waals surface area contributed by atoms with Crippen molar-refractivity contribution in [2.24, 2.45) is 0 Å². The number of rotatable bonds is 21. The summed E-state index contributed by atoms with van der Waals surface area (Å²) in [6.45, 7) is 5.02. The normalized spacial score (nSPS) is 14.0. The first-order chi connectivity index (χ1) is 22.2. The molecule has 0 bridgehead atoms. The summed E-state index contributed by atoms with van der Waals surface area (Å²) in [6, 6.07) is 3.50. The van der Waals surface area contributed by atoms with Gasteiger partial charge in [0.15, 0.2) is 6.04 Å². The van der Waals surface area contributed by atoms with Crippen LogP contribution in [0.5, 0.6) is 5.75 Å². The molecule has 3 atom stereocenters. The molecule has 9 nitrogen and oxygen atoms in total. The number of phenols is 1. The Morgan fingerprint density at radius 1 is 0.739 bits per heavy atom. The number of phenolic OH excluding ortho intramolecular Hbond substituents is 1. The van der Waals surface area contributed by atoms with E-state index >= 15 is 0 Å². The van der Waals surface area contributed by atoms with E-state index in [1.54, 1.807) is 12.1 Å². The van der Waals surface area contributed by atoms with E-state index < -0.39 is 36.0 Å². The van der Waals surface area contributed by atoms with E-state index in [9.17, 15) is 24.3 Å². The molecule has 3 N–H and O–H groups in total. The second kappa shape index (κ2) is 24.6. The van der Waals surface area contributed by atoms with Gasteiger partial charge in [-0.3, -0.25) is 9.59 Å². The summed E-state index contributed by atoms with van der Waals surface area (Å²) in [5.74, 6) is -2.95. The summed E-state index contributed by atoms with van der Waals surface area (Å²) in [5, 5.41) is 14.9. The molecule has 46 heavy (non-hydrogen) atoms. The molecule has 0 fully saturated rings. The smallest absolute Gasteiger partial charge is 0.332 e. The van der Waals surface area contributed by atoms with Crippen molar-refractivity contribution in [2.75, 3.05) is 7.11 Å². The Hall–Kier alpha value is -4.66. The number of carbonyl (C=O) groups is 4. The van der Waals surface area contributed by atoms with Gasteiger partial charge in [0, 0.05) is 6.42 Å². The highest BCUT2D eigenvalue weighted by Crippen LogP contribution is 2.16. The van der Waals surface area contributed by atoms with Crippen molar-refractivity contribution in [3.8, 4) is 5.75 Å². The minimum atomic E-state index is -1.34. The fraction of sp³-hybridized carbons (Fsp3) is 0.405. The molecule has 1 rings (SSSR count). The number of esters is 2. The molecule has 0 saturated heterocycles. The SMILES string of the molecule is CC/C=C\C/C=C\C/C=C\C/C=C\C/C=C\C/C=C\CCC(=O)NC(C)C(=O)OC(C)C(NC(=O)c1ccccc1O)C(=O)OC. The van der Waals surface area contributed by atoms with Gasteiger partial charge in [-0.05, 0) is 70.9 Å². The third kappa shape index (κ3) is 17.6. The molecule has 0 aliphatic carbocycles. The van der Waals surface area contributed by atoms with E-state index in [1.165, 1.54) is 26.0 Å². The van der Waals surface area contributed by atoms with E-state index in [-0.39, 0.29) is 23.6 Å². The van der Waals surface area contributed by atoms with Crippen molar-refractivity contribution in [2.45, 2.75) is 90.3 Å². The Balaban J connectivity index is 2.32. The van der Waals surface area contributed by atoms with Crippen molar-refractivity contribution in [3.63, 3.8) is 0 Å². The van der Waals surface area contributed by atoms with Gasteiger partial charge in [0.1, 0.15) is 17.9 Å². The van der Waals surface area contributed by atoms with Gasteiger partial charge in [-0.25, -0.2) is 9.59 Å². The van der Waals surface area contributed by atoms with Crippen LogP contribution in [0.3, 0.4) is 0 Å². The number of para-hydroxylation sites is 1. The number of aromatic hydroxyl groups is 1. The van der Waals surface area contributed by atoms with Crippen LogP contribution in [0, 0.1) is 0 Å². The molecule has 0 aromatic heterocycles. The number of hydrogen-bond acceptors (Lipinski definition) is 7. The summed E-state index contributed by atoms with van der Waals surface area (Å²) >= 11 is 0. The van der Waals surface area contributed by atoms with E-state index in [0.29, 0.717) is 6.42 Å². The molecular formula is C37H50N2O7. The van der Waals surface area contributed by atoms with E-state index in [4.69, 9.17) is 9.47 Å². The first-order valence-corrected chi connectivity index (χ1v) is 15.8. The molecule has 0 aliphatic heterocycles. The third-order valence-electron chi connectivity index (χ3n) is 6.53. The van der Waals surface area contributed by atoms with Crippen LogP contribution < -0.4 is 10.6 Å². The van der Waals surface area contributed by atoms with Crippen molar-refractivity contribution >= 4 is 23.8 Å². The van der Waals surface area contributed by atoms with Gasteiger partial charge in [-0.15, -0.1) is 0 Å². The van der Waals surface area contributed by atoms with Crippen LogP contribution in [0.25, 0.3) is 0 Å². The van der Waals surface area contributed by atoms with Gasteiger partial charge in [-0.2, -0.15) is 0 Å². The Labute approximate surface area is 273 Å². The van der Waals surface area contributed by atoms with Crippen molar-refractivity contribution in [1.82, 2.24) is 10.6 Å². The maximum Gasteiger partial charge on any atom is 0.332 e. The number of carbonyl (C=O) groups excluding carboxylic acids is 4. The summed E-state index contributed by atoms with van der Waals surface area (Å²) in [4.78, 5) is 49.8. The molecule has 0 radical (unpaired) electrons. The second-order valence-electron chi connectivity index (χ2n) is 10.4. The number of benzene rings is 1. The van der Waals surface area contributed by atoms with E-state index in [2.05, 4.69) is 78.3 Å². The van der Waals surface area contributed by atoms with Crippen LogP contribution in [0.4, 0.5) is 0 Å². The lowest BCUT2D eigenvalue weighted by Gasteiger charge is -2.24. The number of nitrogens with one attached hydrogen (secondary N) is 2. The minimum absolute atomic E-state index is 0.0533. The van der Waals surface area contributed by atoms with Crippen molar-refractivity contribution < 1.29 is 33.8 Å². The maximum absolute atomic E-state index is 12.6. The maximum atomic E-state index is 12.6. The molecule has 0 saturated carbocycles. The van der Waals surface area contributed by atoms with Crippen LogP contribution in [0.2, 0.25) is 0 Å². The molecule has 1 aromatic rings. The first-order valence-electron chi connectivity index (χ1n) is 15.8. The van der Waals surface area contributed by atoms with Gasteiger partial charge >= 0.3 is 11.9 Å². The van der Waals surface area contributed by atoms with Crippen LogP contribution in [-0.4, -0.2) is 54.2 Å². The third-order valence-corrected chi connectivity index (χ3v) is 6.53. The molecule has 2 amide bonds. The summed E-state index contributed by atoms with van der Waals surface area (Å²) in [7, 11) is 1.14. The topological polar surface area (TPSA) is 131 Å². The molecule has 0 heterocycles. The van der Waals surface area contributed by atoms with Crippen LogP contribution in [0.1, 0.15) is 82.5 Å². The predicted molar refractivity (Wildman–Crippen MR) is 182 cm³/mol. The highest BCUT2D eigenvalue weighted by Gasteiger charge is 2.32. The Morgan fingerprint density at radius 3 is 1.74 bits per heavy atom. The summed E-state index contributed by atoms with van der Waals surface area (Å²) in [6.07, 6.45) is 30.6. The van der Waals surface area contributed by atoms with Gasteiger partial charge in [0.2, 0.25) is 5.91 Å². The standard InChI is InChI=1S/C37H50N2O7/c1-5-6-7-8-9-10-11-12-13-14-15-16-17-18-19-20-21-22-23-28-33(41)38-29(2)36(43)46-30(3)34(37(44)45-4)39-35(42)31-26-24-25-27-32(31)40/h6-7,9-10,12-13,15-16,18-19,21-22,24-27,29-30,34,40H,5,8,11,14,17,20,23,28H2,1-4H3,(H,38,41)(H,39,42)/b7-6-,10-9-,13-12-,16-15-,19-18-,22-21-. The minimum Gasteiger partial charge on any atom is -0.507 e. The van der Waals surface area contributed by atoms with E-state index in [0.717, 1.165) is 45.6 Å². The summed E-state index contributed by atoms with van der Waals surface area (Å²) in [5.41, 5.74) is -0.0533. The molecule has 9 heteroatoms. The number of hydrogen-bond donors (Lipinski definition) is 3. The van der Waals surface area contributed by atoms with Crippen LogP contribution in [-0.2, 0) is 23.9 Å². The number of amides is 2. The van der Waals surface area contributed by atoms with Crippen LogP contribution in [0.15, 0.2) is 97.2 Å². The highest BCUT2D eigenvalue weighted by molar-refractivity contribution is 5.99. The quantitative estimate of drug-likeness (QED) is 0.103. The largest absolute Gasteiger partial charge is 0.507 e. The van der Waals surface area contributed by atoms with Gasteiger partial charge in [-0.1, -0.05) is 92.0 Å². The van der Waals surface area contributed by atoms with Crippen molar-refractivity contribution in [1.29, 1.82) is 0 Å². The Morgan fingerprint density at radius 2 is 1.24 bits per heavy atom. The first kappa shape index (κ1) is 39.4. The average Bonchev–Trinajstić information content (AvgIpc) is 3.04. The lowest BCUT2D eigenvalue weighted by Crippen LogP contribution is -2.51.